The van der Waals surface area contributed by atoms with Gasteiger partial charge in [0.15, 0.2) is 0 Å². The molecular formula is C22H24N6O2. The van der Waals surface area contributed by atoms with Crippen molar-refractivity contribution >= 4 is 0 Å². The van der Waals surface area contributed by atoms with Crippen LogP contribution in [-0.4, -0.2) is 29.3 Å². The van der Waals surface area contributed by atoms with Crippen LogP contribution in [0.25, 0.3) is 17.1 Å². The van der Waals surface area contributed by atoms with Gasteiger partial charge in [-0.05, 0) is 25.1 Å². The second-order valence-electron chi connectivity index (χ2n) is 8.23. The van der Waals surface area contributed by atoms with E-state index in [1.165, 1.54) is 4.57 Å². The van der Waals surface area contributed by atoms with E-state index in [4.69, 9.17) is 4.74 Å². The zero-order chi connectivity index (χ0) is 21.5. The van der Waals surface area contributed by atoms with E-state index in [0.29, 0.717) is 23.0 Å². The molecule has 0 aliphatic rings. The maximum Gasteiger partial charge on any atom is 0.331 e. The van der Waals surface area contributed by atoms with Crippen molar-refractivity contribution in [2.75, 3.05) is 0 Å². The maximum atomic E-state index is 12.4. The van der Waals surface area contributed by atoms with Gasteiger partial charge in [-0.25, -0.2) is 9.78 Å². The van der Waals surface area contributed by atoms with Gasteiger partial charge in [-0.15, -0.1) is 0 Å². The lowest BCUT2D eigenvalue weighted by Crippen LogP contribution is -2.16. The van der Waals surface area contributed by atoms with Gasteiger partial charge in [-0.2, -0.15) is 5.10 Å². The molecule has 154 valence electrons. The molecular weight excluding hydrogens is 380 g/mol. The van der Waals surface area contributed by atoms with Crippen molar-refractivity contribution in [3.05, 3.63) is 70.9 Å². The summed E-state index contributed by atoms with van der Waals surface area (Å²) in [5.41, 5.74) is 2.85. The average molecular weight is 404 g/mol. The zero-order valence-electron chi connectivity index (χ0n) is 17.7. The molecule has 30 heavy (non-hydrogen) atoms. The minimum absolute atomic E-state index is 0.157. The number of rotatable bonds is 4. The van der Waals surface area contributed by atoms with E-state index in [9.17, 15) is 4.79 Å². The molecule has 0 spiro atoms. The van der Waals surface area contributed by atoms with Crippen molar-refractivity contribution < 1.29 is 4.74 Å². The van der Waals surface area contributed by atoms with Crippen molar-refractivity contribution in [3.8, 4) is 28.6 Å². The lowest BCUT2D eigenvalue weighted by molar-refractivity contribution is 0.475. The summed E-state index contributed by atoms with van der Waals surface area (Å²) in [5.74, 6) is 1.81. The number of aromatic nitrogens is 6. The van der Waals surface area contributed by atoms with E-state index in [1.807, 2.05) is 53.1 Å². The first-order chi connectivity index (χ1) is 14.2. The molecule has 1 N–H and O–H groups in total. The number of aryl methyl sites for hydroxylation is 2. The molecule has 0 unspecified atom stereocenters. The zero-order valence-corrected chi connectivity index (χ0v) is 17.7. The number of imidazole rings is 1. The Hall–Kier alpha value is -3.68. The fourth-order valence-electron chi connectivity index (χ4n) is 3.04. The minimum Gasteiger partial charge on any atom is -0.455 e. The molecule has 0 aliphatic carbocycles. The summed E-state index contributed by atoms with van der Waals surface area (Å²) < 4.78 is 9.28. The van der Waals surface area contributed by atoms with E-state index in [2.05, 4.69) is 20.1 Å². The number of hydrogen-bond donors (Lipinski definition) is 1. The number of aromatic amines is 1. The SMILES string of the molecule is Cc1nc(-n2cc(C(C)(C)C)[nH]c2=O)ccc1Oc1ccnc(-c2cnn(C)c2)c1. The Labute approximate surface area is 174 Å². The van der Waals surface area contributed by atoms with Gasteiger partial charge in [0.1, 0.15) is 17.3 Å². The fraction of sp³-hybridized carbons (Fsp3) is 0.273. The van der Waals surface area contributed by atoms with Gasteiger partial charge >= 0.3 is 5.69 Å². The van der Waals surface area contributed by atoms with Gasteiger partial charge < -0.3 is 9.72 Å². The molecule has 4 aromatic rings. The Balaban J connectivity index is 1.61. The van der Waals surface area contributed by atoms with Crippen molar-refractivity contribution in [1.29, 1.82) is 0 Å². The summed E-state index contributed by atoms with van der Waals surface area (Å²) in [6.07, 6.45) is 7.15. The van der Waals surface area contributed by atoms with Crippen molar-refractivity contribution in [3.63, 3.8) is 0 Å². The number of H-pyrrole nitrogens is 1. The van der Waals surface area contributed by atoms with Crippen LogP contribution >= 0.6 is 0 Å². The third-order valence-corrected chi connectivity index (χ3v) is 4.76. The van der Waals surface area contributed by atoms with Crippen molar-refractivity contribution in [2.45, 2.75) is 33.1 Å². The number of nitrogens with zero attached hydrogens (tertiary/aromatic N) is 5. The Kier molecular flexibility index (Phi) is 4.77. The van der Waals surface area contributed by atoms with Crippen molar-refractivity contribution in [2.24, 2.45) is 7.05 Å². The van der Waals surface area contributed by atoms with Crippen LogP contribution in [0.2, 0.25) is 0 Å². The molecule has 0 aliphatic heterocycles. The van der Waals surface area contributed by atoms with E-state index < -0.39 is 0 Å². The summed E-state index contributed by atoms with van der Waals surface area (Å²) in [7, 11) is 1.86. The Bertz CT molecular complexity index is 1260. The highest BCUT2D eigenvalue weighted by molar-refractivity contribution is 5.59. The fourth-order valence-corrected chi connectivity index (χ4v) is 3.04. The minimum atomic E-state index is -0.212. The highest BCUT2D eigenvalue weighted by atomic mass is 16.5. The monoisotopic (exact) mass is 404 g/mol. The first-order valence-electron chi connectivity index (χ1n) is 9.64. The third kappa shape index (κ3) is 3.89. The Morgan fingerprint density at radius 2 is 1.93 bits per heavy atom. The first kappa shape index (κ1) is 19.6. The predicted octanol–water partition coefficient (Wildman–Crippen LogP) is 3.75. The molecule has 0 fully saturated rings. The molecule has 0 amide bonds. The van der Waals surface area contributed by atoms with Gasteiger partial charge in [-0.1, -0.05) is 20.8 Å². The normalized spacial score (nSPS) is 11.6. The van der Waals surface area contributed by atoms with Crippen LogP contribution in [0.3, 0.4) is 0 Å². The largest absolute Gasteiger partial charge is 0.455 e. The lowest BCUT2D eigenvalue weighted by atomic mass is 9.93. The number of ether oxygens (including phenoxy) is 1. The quantitative estimate of drug-likeness (QED) is 0.559. The molecule has 0 radical (unpaired) electrons. The van der Waals surface area contributed by atoms with Gasteiger partial charge in [0.2, 0.25) is 0 Å². The molecule has 0 atom stereocenters. The number of pyridine rings is 2. The Morgan fingerprint density at radius 3 is 2.57 bits per heavy atom. The first-order valence-corrected chi connectivity index (χ1v) is 9.64. The van der Waals surface area contributed by atoms with E-state index in [1.54, 1.807) is 35.4 Å². The molecule has 8 nitrogen and oxygen atoms in total. The summed E-state index contributed by atoms with van der Waals surface area (Å²) in [6.45, 7) is 8.00. The van der Waals surface area contributed by atoms with Crippen molar-refractivity contribution in [1.82, 2.24) is 29.3 Å². The third-order valence-electron chi connectivity index (χ3n) is 4.76. The average Bonchev–Trinajstić information content (AvgIpc) is 3.29. The van der Waals surface area contributed by atoms with E-state index in [-0.39, 0.29) is 11.1 Å². The van der Waals surface area contributed by atoms with Crippen LogP contribution in [0.15, 0.2) is 53.8 Å². The molecule has 0 aromatic carbocycles. The maximum absolute atomic E-state index is 12.4. The molecule has 4 rings (SSSR count). The van der Waals surface area contributed by atoms with Gasteiger partial charge in [0, 0.05) is 48.4 Å². The van der Waals surface area contributed by atoms with E-state index in [0.717, 1.165) is 17.0 Å². The topological polar surface area (TPSA) is 90.6 Å². The van der Waals surface area contributed by atoms with Crippen LogP contribution in [0, 0.1) is 6.92 Å². The van der Waals surface area contributed by atoms with Crippen LogP contribution in [0.4, 0.5) is 0 Å². The molecule has 8 heteroatoms. The molecule has 0 saturated heterocycles. The molecule has 0 saturated carbocycles. The Morgan fingerprint density at radius 1 is 1.13 bits per heavy atom. The van der Waals surface area contributed by atoms with Gasteiger partial charge in [0.05, 0.1) is 17.6 Å². The van der Waals surface area contributed by atoms with Gasteiger partial charge in [-0.3, -0.25) is 14.2 Å². The molecule has 0 bridgehead atoms. The van der Waals surface area contributed by atoms with Crippen LogP contribution in [0.1, 0.15) is 32.2 Å². The second-order valence-corrected chi connectivity index (χ2v) is 8.23. The molecule has 4 aromatic heterocycles. The second kappa shape index (κ2) is 7.29. The highest BCUT2D eigenvalue weighted by Gasteiger charge is 2.19. The number of hydrogen-bond acceptors (Lipinski definition) is 5. The predicted molar refractivity (Wildman–Crippen MR) is 114 cm³/mol. The van der Waals surface area contributed by atoms with Gasteiger partial charge in [0.25, 0.3) is 0 Å². The summed E-state index contributed by atoms with van der Waals surface area (Å²) in [5, 5.41) is 4.18. The van der Waals surface area contributed by atoms with Crippen LogP contribution < -0.4 is 10.4 Å². The summed E-state index contributed by atoms with van der Waals surface area (Å²) in [6, 6.07) is 7.24. The van der Waals surface area contributed by atoms with E-state index >= 15 is 0 Å². The summed E-state index contributed by atoms with van der Waals surface area (Å²) >= 11 is 0. The van der Waals surface area contributed by atoms with Crippen LogP contribution in [-0.2, 0) is 12.5 Å². The summed E-state index contributed by atoms with van der Waals surface area (Å²) in [4.78, 5) is 24.2. The van der Waals surface area contributed by atoms with Crippen LogP contribution in [0.5, 0.6) is 11.5 Å². The lowest BCUT2D eigenvalue weighted by Gasteiger charge is -2.15. The standard InChI is InChI=1S/C22H24N6O2/c1-14-18(30-16-8-9-23-17(10-16)15-11-24-27(5)12-15)6-7-20(25-14)28-13-19(22(2,3)4)26-21(28)29/h6-13H,1-5H3,(H,26,29). The molecule has 4 heterocycles. The number of nitrogens with one attached hydrogen (secondary N) is 1. The highest BCUT2D eigenvalue weighted by Crippen LogP contribution is 2.28. The smallest absolute Gasteiger partial charge is 0.331 e.